The standard InChI is InChI=1S/C24H21NO4/c26-22(20-13-11-19(12-14-20)18-7-3-1-4-8-18)15-16-24(28)29-17-23(27)25-21-9-5-2-6-10-21/h1-14H,15-17H2,(H,25,27). The minimum absolute atomic E-state index is 0.0316. The summed E-state index contributed by atoms with van der Waals surface area (Å²) in [5.41, 5.74) is 3.26. The van der Waals surface area contributed by atoms with Gasteiger partial charge in [-0.1, -0.05) is 72.8 Å². The molecule has 1 N–H and O–H groups in total. The van der Waals surface area contributed by atoms with Crippen molar-refractivity contribution in [1.29, 1.82) is 0 Å². The van der Waals surface area contributed by atoms with Crippen LogP contribution in [0.5, 0.6) is 0 Å². The van der Waals surface area contributed by atoms with Crippen LogP contribution in [-0.4, -0.2) is 24.3 Å². The molecular formula is C24H21NO4. The van der Waals surface area contributed by atoms with Gasteiger partial charge in [-0.2, -0.15) is 0 Å². The molecule has 0 spiro atoms. The van der Waals surface area contributed by atoms with Gasteiger partial charge in [0.05, 0.1) is 6.42 Å². The Labute approximate surface area is 169 Å². The fraction of sp³-hybridized carbons (Fsp3) is 0.125. The molecule has 0 bridgehead atoms. The van der Waals surface area contributed by atoms with E-state index in [9.17, 15) is 14.4 Å². The van der Waals surface area contributed by atoms with Gasteiger partial charge in [-0.15, -0.1) is 0 Å². The maximum atomic E-state index is 12.3. The highest BCUT2D eigenvalue weighted by Crippen LogP contribution is 2.20. The van der Waals surface area contributed by atoms with Crippen LogP contribution in [0.1, 0.15) is 23.2 Å². The Morgan fingerprint density at radius 2 is 1.28 bits per heavy atom. The Balaban J connectivity index is 1.43. The number of esters is 1. The van der Waals surface area contributed by atoms with Gasteiger partial charge in [0.1, 0.15) is 0 Å². The summed E-state index contributed by atoms with van der Waals surface area (Å²) in [5.74, 6) is -1.15. The quantitative estimate of drug-likeness (QED) is 0.456. The van der Waals surface area contributed by atoms with E-state index in [1.54, 1.807) is 36.4 Å². The molecule has 3 rings (SSSR count). The molecule has 0 unspecified atom stereocenters. The average molecular weight is 387 g/mol. The number of carbonyl (C=O) groups is 3. The van der Waals surface area contributed by atoms with Gasteiger partial charge in [0.25, 0.3) is 5.91 Å². The molecule has 0 saturated heterocycles. The van der Waals surface area contributed by atoms with E-state index in [2.05, 4.69) is 5.32 Å². The zero-order valence-electron chi connectivity index (χ0n) is 15.8. The van der Waals surface area contributed by atoms with Crippen LogP contribution in [-0.2, 0) is 14.3 Å². The Morgan fingerprint density at radius 1 is 0.690 bits per heavy atom. The maximum Gasteiger partial charge on any atom is 0.306 e. The van der Waals surface area contributed by atoms with Gasteiger partial charge in [-0.3, -0.25) is 14.4 Å². The number of benzene rings is 3. The van der Waals surface area contributed by atoms with E-state index in [4.69, 9.17) is 4.74 Å². The molecule has 0 saturated carbocycles. The third kappa shape index (κ3) is 6.14. The Hall–Kier alpha value is -3.73. The van der Waals surface area contributed by atoms with Gasteiger partial charge in [-0.05, 0) is 23.3 Å². The van der Waals surface area contributed by atoms with Crippen molar-refractivity contribution in [3.63, 3.8) is 0 Å². The summed E-state index contributed by atoms with van der Waals surface area (Å²) in [6, 6.07) is 26.0. The topological polar surface area (TPSA) is 72.5 Å². The number of ketones is 1. The number of para-hydroxylation sites is 1. The molecule has 0 radical (unpaired) electrons. The molecule has 0 aromatic heterocycles. The van der Waals surface area contributed by atoms with E-state index in [1.165, 1.54) is 0 Å². The third-order valence-corrected chi connectivity index (χ3v) is 4.29. The number of Topliss-reactive ketones (excluding diaryl/α,β-unsaturated/α-hetero) is 1. The molecule has 0 fully saturated rings. The molecule has 3 aromatic rings. The minimum atomic E-state index is -0.581. The van der Waals surface area contributed by atoms with Crippen LogP contribution in [0.15, 0.2) is 84.9 Å². The van der Waals surface area contributed by atoms with E-state index in [0.29, 0.717) is 11.3 Å². The first kappa shape index (κ1) is 20.0. The number of nitrogens with one attached hydrogen (secondary N) is 1. The Kier molecular flexibility index (Phi) is 6.90. The molecule has 3 aromatic carbocycles. The fourth-order valence-corrected chi connectivity index (χ4v) is 2.78. The lowest BCUT2D eigenvalue weighted by Crippen LogP contribution is -2.21. The first-order chi connectivity index (χ1) is 14.1. The molecule has 5 nitrogen and oxygen atoms in total. The maximum absolute atomic E-state index is 12.3. The van der Waals surface area contributed by atoms with Crippen LogP contribution in [0, 0.1) is 0 Å². The fourth-order valence-electron chi connectivity index (χ4n) is 2.78. The zero-order chi connectivity index (χ0) is 20.5. The summed E-state index contributed by atoms with van der Waals surface area (Å²) < 4.78 is 4.94. The molecule has 0 atom stereocenters. The van der Waals surface area contributed by atoms with Crippen LogP contribution in [0.25, 0.3) is 11.1 Å². The lowest BCUT2D eigenvalue weighted by Gasteiger charge is -2.07. The highest BCUT2D eigenvalue weighted by molar-refractivity contribution is 5.98. The second-order valence-corrected chi connectivity index (χ2v) is 6.44. The van der Waals surface area contributed by atoms with Crippen molar-refractivity contribution >= 4 is 23.3 Å². The molecular weight excluding hydrogens is 366 g/mol. The number of hydrogen-bond donors (Lipinski definition) is 1. The number of rotatable bonds is 8. The Bertz CT molecular complexity index is 967. The summed E-state index contributed by atoms with van der Waals surface area (Å²) in [4.78, 5) is 35.9. The van der Waals surface area contributed by atoms with E-state index >= 15 is 0 Å². The van der Waals surface area contributed by atoms with E-state index in [0.717, 1.165) is 11.1 Å². The van der Waals surface area contributed by atoms with Crippen molar-refractivity contribution < 1.29 is 19.1 Å². The average Bonchev–Trinajstić information content (AvgIpc) is 2.77. The number of anilines is 1. The molecule has 0 aliphatic carbocycles. The van der Waals surface area contributed by atoms with Crippen LogP contribution in [0.4, 0.5) is 5.69 Å². The van der Waals surface area contributed by atoms with Crippen LogP contribution < -0.4 is 5.32 Å². The highest BCUT2D eigenvalue weighted by Gasteiger charge is 2.12. The lowest BCUT2D eigenvalue weighted by atomic mass is 10.0. The van der Waals surface area contributed by atoms with Gasteiger partial charge in [0, 0.05) is 17.7 Å². The van der Waals surface area contributed by atoms with Crippen molar-refractivity contribution in [2.75, 3.05) is 11.9 Å². The van der Waals surface area contributed by atoms with Crippen molar-refractivity contribution in [3.05, 3.63) is 90.5 Å². The van der Waals surface area contributed by atoms with E-state index in [-0.39, 0.29) is 25.2 Å². The Morgan fingerprint density at radius 3 is 1.93 bits per heavy atom. The van der Waals surface area contributed by atoms with Gasteiger partial charge in [-0.25, -0.2) is 0 Å². The van der Waals surface area contributed by atoms with Crippen molar-refractivity contribution in [3.8, 4) is 11.1 Å². The lowest BCUT2D eigenvalue weighted by molar-refractivity contribution is -0.147. The third-order valence-electron chi connectivity index (χ3n) is 4.29. The summed E-state index contributed by atoms with van der Waals surface area (Å²) in [6.07, 6.45) is -0.0400. The molecule has 0 heterocycles. The molecule has 1 amide bonds. The highest BCUT2D eigenvalue weighted by atomic mass is 16.5. The summed E-state index contributed by atoms with van der Waals surface area (Å²) >= 11 is 0. The van der Waals surface area contributed by atoms with E-state index < -0.39 is 11.9 Å². The van der Waals surface area contributed by atoms with Crippen LogP contribution >= 0.6 is 0 Å². The largest absolute Gasteiger partial charge is 0.456 e. The molecule has 29 heavy (non-hydrogen) atoms. The predicted molar refractivity (Wildman–Crippen MR) is 111 cm³/mol. The van der Waals surface area contributed by atoms with Gasteiger partial charge < -0.3 is 10.1 Å². The number of hydrogen-bond acceptors (Lipinski definition) is 4. The zero-order valence-corrected chi connectivity index (χ0v) is 15.8. The number of amides is 1. The predicted octanol–water partition coefficient (Wildman–Crippen LogP) is 4.50. The second kappa shape index (κ2) is 9.99. The molecule has 146 valence electrons. The molecule has 0 aliphatic heterocycles. The van der Waals surface area contributed by atoms with E-state index in [1.807, 2.05) is 48.5 Å². The number of carbonyl (C=O) groups excluding carboxylic acids is 3. The van der Waals surface area contributed by atoms with Gasteiger partial charge in [0.15, 0.2) is 12.4 Å². The van der Waals surface area contributed by atoms with Gasteiger partial charge >= 0.3 is 5.97 Å². The summed E-state index contributed by atoms with van der Waals surface area (Å²) in [7, 11) is 0. The van der Waals surface area contributed by atoms with Crippen molar-refractivity contribution in [1.82, 2.24) is 0 Å². The van der Waals surface area contributed by atoms with Crippen LogP contribution in [0.2, 0.25) is 0 Å². The first-order valence-electron chi connectivity index (χ1n) is 9.31. The molecule has 0 aliphatic rings. The second-order valence-electron chi connectivity index (χ2n) is 6.44. The smallest absolute Gasteiger partial charge is 0.306 e. The van der Waals surface area contributed by atoms with Crippen molar-refractivity contribution in [2.24, 2.45) is 0 Å². The van der Waals surface area contributed by atoms with Gasteiger partial charge in [0.2, 0.25) is 0 Å². The number of ether oxygens (including phenoxy) is 1. The monoisotopic (exact) mass is 387 g/mol. The van der Waals surface area contributed by atoms with Crippen molar-refractivity contribution in [2.45, 2.75) is 12.8 Å². The summed E-state index contributed by atoms with van der Waals surface area (Å²) in [5, 5.41) is 2.62. The summed E-state index contributed by atoms with van der Waals surface area (Å²) in [6.45, 7) is -0.381. The minimum Gasteiger partial charge on any atom is -0.456 e. The molecule has 5 heteroatoms. The SMILES string of the molecule is O=C(COC(=O)CCC(=O)c1ccc(-c2ccccc2)cc1)Nc1ccccc1. The first-order valence-corrected chi connectivity index (χ1v) is 9.31. The normalized spacial score (nSPS) is 10.2. The van der Waals surface area contributed by atoms with Crippen LogP contribution in [0.3, 0.4) is 0 Å².